The predicted octanol–water partition coefficient (Wildman–Crippen LogP) is 12.4. The topological polar surface area (TPSA) is 115 Å². The van der Waals surface area contributed by atoms with E-state index in [9.17, 15) is 19.2 Å². The summed E-state index contributed by atoms with van der Waals surface area (Å²) < 4.78 is 16.9. The number of carbonyl (C=O) groups is 4. The molecule has 0 fully saturated rings. The van der Waals surface area contributed by atoms with Crippen LogP contribution in [-0.2, 0) is 35.0 Å². The average molecular weight is 858 g/mol. The average Bonchev–Trinajstić information content (AvgIpc) is 3.25. The molecule has 1 aromatic heterocycles. The highest BCUT2D eigenvalue weighted by molar-refractivity contribution is 5.89. The van der Waals surface area contributed by atoms with E-state index in [1.54, 1.807) is 18.3 Å². The molecule has 0 aromatic carbocycles. The van der Waals surface area contributed by atoms with Crippen molar-refractivity contribution in [3.8, 4) is 0 Å². The Balaban J connectivity index is 2.54. The summed E-state index contributed by atoms with van der Waals surface area (Å²) in [6, 6.07) is 3.27. The number of nitrogens with zero attached hydrogens (tertiary/aromatic N) is 3. The summed E-state index contributed by atoms with van der Waals surface area (Å²) in [5.41, 5.74) is 1.02. The Morgan fingerprint density at radius 3 is 1.49 bits per heavy atom. The van der Waals surface area contributed by atoms with Crippen molar-refractivity contribution in [2.45, 2.75) is 226 Å². The molecule has 0 aliphatic heterocycles. The number of ether oxygens (including phenoxy) is 3. The summed E-state index contributed by atoms with van der Waals surface area (Å²) in [6.45, 7) is 8.29. The lowest BCUT2D eigenvalue weighted by Crippen LogP contribution is -2.36. The molecule has 0 saturated carbocycles. The molecule has 1 heterocycles. The lowest BCUT2D eigenvalue weighted by atomic mass is 10.0. The van der Waals surface area contributed by atoms with Crippen LogP contribution < -0.4 is 0 Å². The van der Waals surface area contributed by atoms with Crippen molar-refractivity contribution in [3.05, 3.63) is 29.6 Å². The molecule has 0 spiro atoms. The van der Waals surface area contributed by atoms with Gasteiger partial charge in [-0.15, -0.1) is 0 Å². The predicted molar refractivity (Wildman–Crippen MR) is 250 cm³/mol. The number of aromatic nitrogens is 1. The fourth-order valence-electron chi connectivity index (χ4n) is 7.55. The van der Waals surface area contributed by atoms with E-state index >= 15 is 0 Å². The van der Waals surface area contributed by atoms with E-state index in [0.29, 0.717) is 50.0 Å². The Kier molecular flexibility index (Phi) is 36.6. The number of hydrogen-bond donors (Lipinski definition) is 0. The molecule has 0 radical (unpaired) electrons. The van der Waals surface area contributed by atoms with E-state index in [1.165, 1.54) is 128 Å². The molecule has 1 atom stereocenters. The second kappa shape index (κ2) is 39.8. The highest BCUT2D eigenvalue weighted by Gasteiger charge is 2.21. The van der Waals surface area contributed by atoms with E-state index in [4.69, 9.17) is 14.2 Å². The van der Waals surface area contributed by atoms with Gasteiger partial charge in [-0.25, -0.2) is 4.79 Å². The van der Waals surface area contributed by atoms with Crippen molar-refractivity contribution in [2.24, 2.45) is 0 Å². The minimum atomic E-state index is -0.893. The zero-order valence-electron chi connectivity index (χ0n) is 40.0. The smallest absolute Gasteiger partial charge is 0.338 e. The quantitative estimate of drug-likeness (QED) is 0.0360. The molecule has 0 saturated heterocycles. The van der Waals surface area contributed by atoms with E-state index in [-0.39, 0.29) is 37.5 Å². The number of amides is 1. The molecule has 1 amide bonds. The Hall–Kier alpha value is -3.01. The van der Waals surface area contributed by atoms with Gasteiger partial charge in [-0.05, 0) is 58.8 Å². The molecule has 0 aliphatic carbocycles. The van der Waals surface area contributed by atoms with Crippen molar-refractivity contribution in [1.82, 2.24) is 14.8 Å². The Bertz CT molecular complexity index is 1240. The van der Waals surface area contributed by atoms with Gasteiger partial charge in [0.2, 0.25) is 5.91 Å². The first-order chi connectivity index (χ1) is 29.7. The summed E-state index contributed by atoms with van der Waals surface area (Å²) in [5, 5.41) is 0. The standard InChI is InChI=1S/C51H91N3O7/c1-6-9-11-13-15-17-19-21-23-25-27-29-31-36-49(56)59-43-47(61-50(57)37-32-30-28-26-24-22-20-18-16-14-12-10-7-2)44-60-51(58)45-38-39-52-46(42-45)34-33-35-48(55)54(8-3)41-40-53(4)5/h38-39,42,47H,6-37,40-41,43-44H2,1-5H3. The zero-order chi connectivity index (χ0) is 44.6. The molecule has 0 N–H and O–H groups in total. The molecule has 0 bridgehead atoms. The fourth-order valence-corrected chi connectivity index (χ4v) is 7.55. The molecule has 1 unspecified atom stereocenters. The van der Waals surface area contributed by atoms with Gasteiger partial charge < -0.3 is 24.0 Å². The molecular weight excluding hydrogens is 767 g/mol. The van der Waals surface area contributed by atoms with Crippen molar-refractivity contribution in [2.75, 3.05) is 46.9 Å². The number of hydrogen-bond acceptors (Lipinski definition) is 9. The molecule has 10 heteroatoms. The first kappa shape index (κ1) is 56.0. The minimum absolute atomic E-state index is 0.111. The summed E-state index contributed by atoms with van der Waals surface area (Å²) in [5.74, 6) is -1.17. The van der Waals surface area contributed by atoms with Crippen LogP contribution in [0.5, 0.6) is 0 Å². The number of carbonyl (C=O) groups excluding carboxylic acids is 4. The van der Waals surface area contributed by atoms with Crippen molar-refractivity contribution >= 4 is 23.8 Å². The normalized spacial score (nSPS) is 11.8. The summed E-state index contributed by atoms with van der Waals surface area (Å²) in [6.07, 6.45) is 34.7. The second-order valence-corrected chi connectivity index (χ2v) is 17.5. The van der Waals surface area contributed by atoms with E-state index in [2.05, 4.69) is 23.7 Å². The van der Waals surface area contributed by atoms with E-state index in [1.807, 2.05) is 25.9 Å². The monoisotopic (exact) mass is 858 g/mol. The molecule has 1 rings (SSSR count). The Morgan fingerprint density at radius 2 is 1.02 bits per heavy atom. The van der Waals surface area contributed by atoms with Gasteiger partial charge in [0.05, 0.1) is 5.56 Å². The number of likely N-dealkylation sites (N-methyl/N-ethyl adjacent to an activating group) is 2. The molecule has 352 valence electrons. The maximum absolute atomic E-state index is 13.2. The zero-order valence-corrected chi connectivity index (χ0v) is 40.0. The second-order valence-electron chi connectivity index (χ2n) is 17.5. The van der Waals surface area contributed by atoms with E-state index in [0.717, 1.165) is 45.1 Å². The van der Waals surface area contributed by atoms with Crippen LogP contribution in [0.3, 0.4) is 0 Å². The first-order valence-electron chi connectivity index (χ1n) is 25.1. The highest BCUT2D eigenvalue weighted by atomic mass is 16.6. The maximum atomic E-state index is 13.2. The lowest BCUT2D eigenvalue weighted by Gasteiger charge is -2.22. The van der Waals surface area contributed by atoms with Crippen LogP contribution in [0, 0.1) is 0 Å². The third-order valence-electron chi connectivity index (χ3n) is 11.5. The minimum Gasteiger partial charge on any atom is -0.462 e. The number of unbranched alkanes of at least 4 members (excludes halogenated alkanes) is 24. The maximum Gasteiger partial charge on any atom is 0.338 e. The van der Waals surface area contributed by atoms with Crippen molar-refractivity contribution in [3.63, 3.8) is 0 Å². The SMILES string of the molecule is CCCCCCCCCCCCCCCC(=O)OCC(COC(=O)c1ccnc(CCCC(=O)N(CC)CCN(C)C)c1)OC(=O)CCCCCCCCCCCCCCC. The van der Waals surface area contributed by atoms with Crippen LogP contribution in [0.4, 0.5) is 0 Å². The molecule has 10 nitrogen and oxygen atoms in total. The first-order valence-corrected chi connectivity index (χ1v) is 25.1. The highest BCUT2D eigenvalue weighted by Crippen LogP contribution is 2.16. The molecular formula is C51H91N3O7. The molecule has 0 aliphatic rings. The summed E-state index contributed by atoms with van der Waals surface area (Å²) >= 11 is 0. The van der Waals surface area contributed by atoms with Crippen LogP contribution in [0.1, 0.15) is 229 Å². The van der Waals surface area contributed by atoms with Gasteiger partial charge in [-0.3, -0.25) is 19.4 Å². The Labute approximate surface area is 373 Å². The number of pyridine rings is 1. The van der Waals surface area contributed by atoms with Gasteiger partial charge in [0.1, 0.15) is 13.2 Å². The van der Waals surface area contributed by atoms with Gasteiger partial charge >= 0.3 is 17.9 Å². The van der Waals surface area contributed by atoms with Crippen LogP contribution in [0.2, 0.25) is 0 Å². The van der Waals surface area contributed by atoms with Gasteiger partial charge in [0, 0.05) is 50.8 Å². The van der Waals surface area contributed by atoms with Crippen molar-refractivity contribution in [1.29, 1.82) is 0 Å². The third kappa shape index (κ3) is 33.3. The van der Waals surface area contributed by atoms with Crippen LogP contribution >= 0.6 is 0 Å². The van der Waals surface area contributed by atoms with Crippen LogP contribution in [-0.4, -0.2) is 91.6 Å². The van der Waals surface area contributed by atoms with Gasteiger partial charge in [0.15, 0.2) is 6.10 Å². The molecule has 61 heavy (non-hydrogen) atoms. The molecule has 1 aromatic rings. The Morgan fingerprint density at radius 1 is 0.557 bits per heavy atom. The van der Waals surface area contributed by atoms with Gasteiger partial charge in [-0.2, -0.15) is 0 Å². The lowest BCUT2D eigenvalue weighted by molar-refractivity contribution is -0.161. The number of esters is 3. The van der Waals surface area contributed by atoms with Crippen LogP contribution in [0.15, 0.2) is 18.3 Å². The van der Waals surface area contributed by atoms with Gasteiger partial charge in [-0.1, -0.05) is 168 Å². The largest absolute Gasteiger partial charge is 0.462 e. The van der Waals surface area contributed by atoms with Crippen LogP contribution in [0.25, 0.3) is 0 Å². The number of rotatable bonds is 42. The van der Waals surface area contributed by atoms with E-state index < -0.39 is 12.1 Å². The van der Waals surface area contributed by atoms with Crippen molar-refractivity contribution < 1.29 is 33.4 Å². The third-order valence-corrected chi connectivity index (χ3v) is 11.5. The fraction of sp³-hybridized carbons (Fsp3) is 0.824. The summed E-state index contributed by atoms with van der Waals surface area (Å²) in [4.78, 5) is 59.8. The number of aryl methyl sites for hydroxylation is 1. The summed E-state index contributed by atoms with van der Waals surface area (Å²) in [7, 11) is 3.99. The van der Waals surface area contributed by atoms with Gasteiger partial charge in [0.25, 0.3) is 0 Å².